The number of carbonyl (C=O) groups is 2. The molecule has 1 rings (SSSR count). The third-order valence-electron chi connectivity index (χ3n) is 5.72. The zero-order chi connectivity index (χ0) is 24.5. The standard InChI is InChI=1S/C21H43NO.C2H4O.CH4O.CH2O/c1-16(2)14-21(8,17(3)4)19(15-20(5,6)7)23-18-10-12-22(9)13-11-18;1-2-3;2*1-2/h16-19H,10-15H2,1-9H3;2H,1H3;2H,1H3;1H2. The Kier molecular flexibility index (Phi) is 20.1. The number of likely N-dealkylation sites (tertiary alicyclic amines) is 1. The first-order valence-corrected chi connectivity index (χ1v) is 11.3. The van der Waals surface area contributed by atoms with Crippen molar-refractivity contribution < 1.29 is 19.4 Å². The van der Waals surface area contributed by atoms with Crippen LogP contribution in [-0.2, 0) is 14.3 Å². The molecule has 0 aromatic carbocycles. The molecule has 0 bridgehead atoms. The minimum atomic E-state index is 0.255. The van der Waals surface area contributed by atoms with E-state index in [-0.39, 0.29) is 5.41 Å². The molecule has 0 spiro atoms. The van der Waals surface area contributed by atoms with Crippen LogP contribution in [0.1, 0.15) is 88.0 Å². The fraction of sp³-hybridized carbons (Fsp3) is 0.920. The molecule has 0 radical (unpaired) electrons. The SMILES string of the molecule is C=O.CC(C)CC(C)(C(C)C)C(CC(C)(C)C)OC1CCN(C)CC1.CC=O.CO. The van der Waals surface area contributed by atoms with E-state index >= 15 is 0 Å². The number of nitrogens with zero attached hydrogens (tertiary/aromatic N) is 1. The molecular weight excluding hydrogens is 378 g/mol. The number of aldehydes is 1. The maximum atomic E-state index is 8.81. The molecule has 1 aliphatic rings. The van der Waals surface area contributed by atoms with Gasteiger partial charge in [0.2, 0.25) is 0 Å². The maximum absolute atomic E-state index is 8.81. The summed E-state index contributed by atoms with van der Waals surface area (Å²) < 4.78 is 6.82. The van der Waals surface area contributed by atoms with Gasteiger partial charge in [0.15, 0.2) is 0 Å². The van der Waals surface area contributed by atoms with Gasteiger partial charge in [-0.1, -0.05) is 55.4 Å². The summed E-state index contributed by atoms with van der Waals surface area (Å²) >= 11 is 0. The Labute approximate surface area is 188 Å². The maximum Gasteiger partial charge on any atom is 0.116 e. The molecule has 5 nitrogen and oxygen atoms in total. The first kappa shape index (κ1) is 33.8. The van der Waals surface area contributed by atoms with Crippen molar-refractivity contribution in [1.82, 2.24) is 4.90 Å². The van der Waals surface area contributed by atoms with Crippen LogP contribution in [0.5, 0.6) is 0 Å². The smallest absolute Gasteiger partial charge is 0.116 e. The second kappa shape index (κ2) is 17.9. The number of rotatable bonds is 7. The van der Waals surface area contributed by atoms with Gasteiger partial charge in [-0.15, -0.1) is 0 Å². The Morgan fingerprint density at radius 3 is 1.73 bits per heavy atom. The van der Waals surface area contributed by atoms with Crippen molar-refractivity contribution in [3.63, 3.8) is 0 Å². The van der Waals surface area contributed by atoms with E-state index in [1.165, 1.54) is 39.3 Å². The van der Waals surface area contributed by atoms with Crippen LogP contribution >= 0.6 is 0 Å². The van der Waals surface area contributed by atoms with Crippen LogP contribution in [0.25, 0.3) is 0 Å². The summed E-state index contributed by atoms with van der Waals surface area (Å²) in [7, 11) is 3.22. The molecule has 0 aromatic heterocycles. The van der Waals surface area contributed by atoms with E-state index in [1.807, 2.05) is 6.79 Å². The summed E-state index contributed by atoms with van der Waals surface area (Å²) in [4.78, 5) is 19.2. The summed E-state index contributed by atoms with van der Waals surface area (Å²) in [6, 6.07) is 0. The molecule has 2 atom stereocenters. The van der Waals surface area contributed by atoms with Gasteiger partial charge in [0.25, 0.3) is 0 Å². The average Bonchev–Trinajstić information content (AvgIpc) is 2.65. The summed E-state index contributed by atoms with van der Waals surface area (Å²) in [5, 5.41) is 7.00. The molecule has 1 heterocycles. The molecule has 2 unspecified atom stereocenters. The van der Waals surface area contributed by atoms with Crippen LogP contribution in [-0.4, -0.2) is 62.5 Å². The van der Waals surface area contributed by atoms with Crippen molar-refractivity contribution in [2.75, 3.05) is 27.2 Å². The summed E-state index contributed by atoms with van der Waals surface area (Å²) in [6.45, 7) is 24.8. The Morgan fingerprint density at radius 1 is 1.03 bits per heavy atom. The highest BCUT2D eigenvalue weighted by Crippen LogP contribution is 2.44. The van der Waals surface area contributed by atoms with Crippen LogP contribution in [0.3, 0.4) is 0 Å². The van der Waals surface area contributed by atoms with Gasteiger partial charge in [-0.05, 0) is 62.3 Å². The molecule has 182 valence electrons. The molecule has 30 heavy (non-hydrogen) atoms. The van der Waals surface area contributed by atoms with E-state index in [2.05, 4.69) is 67.3 Å². The Hall–Kier alpha value is -0.780. The largest absolute Gasteiger partial charge is 0.400 e. The first-order valence-electron chi connectivity index (χ1n) is 11.3. The van der Waals surface area contributed by atoms with E-state index in [0.717, 1.165) is 19.8 Å². The van der Waals surface area contributed by atoms with Crippen molar-refractivity contribution in [2.24, 2.45) is 22.7 Å². The number of hydrogen-bond donors (Lipinski definition) is 1. The van der Waals surface area contributed by atoms with E-state index in [9.17, 15) is 0 Å². The number of piperidine rings is 1. The normalized spacial score (nSPS) is 18.1. The zero-order valence-electron chi connectivity index (χ0n) is 22.0. The van der Waals surface area contributed by atoms with Gasteiger partial charge in [-0.3, -0.25) is 0 Å². The van der Waals surface area contributed by atoms with Gasteiger partial charge >= 0.3 is 0 Å². The summed E-state index contributed by atoms with van der Waals surface area (Å²) in [5.74, 6) is 1.36. The van der Waals surface area contributed by atoms with Gasteiger partial charge < -0.3 is 24.3 Å². The monoisotopic (exact) mass is 431 g/mol. The summed E-state index contributed by atoms with van der Waals surface area (Å²) in [5.41, 5.74) is 0.564. The molecule has 0 amide bonds. The van der Waals surface area contributed by atoms with E-state index in [4.69, 9.17) is 19.4 Å². The predicted molar refractivity (Wildman–Crippen MR) is 129 cm³/mol. The molecule has 1 aliphatic heterocycles. The predicted octanol–water partition coefficient (Wildman–Crippen LogP) is 5.24. The Balaban J connectivity index is -0.000000926. The van der Waals surface area contributed by atoms with Crippen molar-refractivity contribution >= 4 is 13.1 Å². The van der Waals surface area contributed by atoms with Gasteiger partial charge in [-0.25, -0.2) is 0 Å². The fourth-order valence-corrected chi connectivity index (χ4v) is 3.96. The molecule has 1 saturated heterocycles. The Morgan fingerprint density at radius 2 is 1.43 bits per heavy atom. The highest BCUT2D eigenvalue weighted by molar-refractivity contribution is 5.44. The van der Waals surface area contributed by atoms with Crippen LogP contribution in [0.15, 0.2) is 0 Å². The highest BCUT2D eigenvalue weighted by atomic mass is 16.5. The van der Waals surface area contributed by atoms with E-state index in [1.54, 1.807) is 0 Å². The highest BCUT2D eigenvalue weighted by Gasteiger charge is 2.41. The van der Waals surface area contributed by atoms with Gasteiger partial charge in [-0.2, -0.15) is 0 Å². The third kappa shape index (κ3) is 15.1. The van der Waals surface area contributed by atoms with E-state index < -0.39 is 0 Å². The second-order valence-corrected chi connectivity index (χ2v) is 10.4. The van der Waals surface area contributed by atoms with Crippen LogP contribution in [0.4, 0.5) is 0 Å². The number of hydrogen-bond acceptors (Lipinski definition) is 5. The number of ether oxygens (including phenoxy) is 1. The molecule has 1 fully saturated rings. The Bertz CT molecular complexity index is 398. The lowest BCUT2D eigenvalue weighted by atomic mass is 9.66. The quantitative estimate of drug-likeness (QED) is 0.558. The zero-order valence-corrected chi connectivity index (χ0v) is 22.0. The number of aliphatic hydroxyl groups excluding tert-OH is 1. The molecule has 0 aliphatic carbocycles. The number of aliphatic hydroxyl groups is 1. The lowest BCUT2D eigenvalue weighted by Crippen LogP contribution is -2.46. The minimum absolute atomic E-state index is 0.255. The van der Waals surface area contributed by atoms with Gasteiger partial charge in [0, 0.05) is 20.2 Å². The topological polar surface area (TPSA) is 66.8 Å². The van der Waals surface area contributed by atoms with E-state index in [0.29, 0.717) is 29.5 Å². The fourth-order valence-electron chi connectivity index (χ4n) is 3.96. The van der Waals surface area contributed by atoms with Crippen molar-refractivity contribution in [1.29, 1.82) is 0 Å². The van der Waals surface area contributed by atoms with Crippen molar-refractivity contribution in [3.8, 4) is 0 Å². The number of carbonyl (C=O) groups excluding carboxylic acids is 2. The molecule has 0 aromatic rings. The summed E-state index contributed by atoms with van der Waals surface area (Å²) in [6.07, 6.45) is 6.33. The minimum Gasteiger partial charge on any atom is -0.400 e. The van der Waals surface area contributed by atoms with Gasteiger partial charge in [0.1, 0.15) is 13.1 Å². The van der Waals surface area contributed by atoms with Crippen molar-refractivity contribution in [3.05, 3.63) is 0 Å². The van der Waals surface area contributed by atoms with Crippen molar-refractivity contribution in [2.45, 2.75) is 100 Å². The van der Waals surface area contributed by atoms with Crippen LogP contribution < -0.4 is 0 Å². The average molecular weight is 432 g/mol. The lowest BCUT2D eigenvalue weighted by molar-refractivity contribution is -0.128. The molecule has 1 N–H and O–H groups in total. The van der Waals surface area contributed by atoms with Crippen LogP contribution in [0, 0.1) is 22.7 Å². The molecule has 0 saturated carbocycles. The lowest BCUT2D eigenvalue weighted by Gasteiger charge is -2.46. The molecular formula is C25H53NO4. The van der Waals surface area contributed by atoms with Gasteiger partial charge in [0.05, 0.1) is 12.2 Å². The first-order chi connectivity index (χ1) is 13.9. The second-order valence-electron chi connectivity index (χ2n) is 10.4. The molecule has 5 heteroatoms. The third-order valence-corrected chi connectivity index (χ3v) is 5.72. The van der Waals surface area contributed by atoms with Crippen LogP contribution in [0.2, 0.25) is 0 Å².